The van der Waals surface area contributed by atoms with Crippen LogP contribution in [0.3, 0.4) is 0 Å². The van der Waals surface area contributed by atoms with E-state index in [0.29, 0.717) is 10.2 Å². The molecule has 6 heteroatoms. The van der Waals surface area contributed by atoms with Gasteiger partial charge in [0.15, 0.2) is 0 Å². The third kappa shape index (κ3) is 13.1. The Morgan fingerprint density at radius 2 is 2.00 bits per heavy atom. The fourth-order valence-corrected chi connectivity index (χ4v) is 1.42. The molecule has 0 bridgehead atoms. The summed E-state index contributed by atoms with van der Waals surface area (Å²) in [5.74, 6) is 0. The molecular weight excluding hydrogens is 293 g/mol. The fraction of sp³-hybridized carbons (Fsp3) is 0.625. The summed E-state index contributed by atoms with van der Waals surface area (Å²) in [5, 5.41) is 3.17. The Morgan fingerprint density at radius 3 is 2.36 bits per heavy atom. The third-order valence-electron chi connectivity index (χ3n) is 1.33. The van der Waals surface area contributed by atoms with Crippen molar-refractivity contribution in [1.82, 2.24) is 5.32 Å². The predicted molar refractivity (Wildman–Crippen MR) is 74.3 cm³/mol. The van der Waals surface area contributed by atoms with E-state index in [4.69, 9.17) is 37.1 Å². The van der Waals surface area contributed by atoms with Crippen molar-refractivity contribution in [1.29, 1.82) is 0 Å². The first-order valence-corrected chi connectivity index (χ1v) is 6.05. The van der Waals surface area contributed by atoms with Crippen LogP contribution in [0.25, 0.3) is 0 Å². The summed E-state index contributed by atoms with van der Waals surface area (Å²) in [4.78, 5) is 0. The van der Waals surface area contributed by atoms with Gasteiger partial charge in [-0.2, -0.15) is 4.20 Å². The van der Waals surface area contributed by atoms with E-state index in [1.807, 2.05) is 6.26 Å². The average molecular weight is 308 g/mol. The first kappa shape index (κ1) is 20.5. The largest absolute Gasteiger partial charge is 2.00 e. The molecule has 1 N–H and O–H groups in total. The first-order chi connectivity index (χ1) is 5.56. The Bertz CT molecular complexity index is 175. The van der Waals surface area contributed by atoms with E-state index < -0.39 is 0 Å². The van der Waals surface area contributed by atoms with E-state index in [2.05, 4.69) is 12.2 Å². The molecule has 14 heavy (non-hydrogen) atoms. The molecule has 0 aromatic carbocycles. The van der Waals surface area contributed by atoms with Gasteiger partial charge in [0, 0.05) is 6.04 Å². The van der Waals surface area contributed by atoms with Crippen molar-refractivity contribution in [2.75, 3.05) is 6.26 Å². The molecule has 1 nitrogen and oxygen atoms in total. The minimum atomic E-state index is 0. The van der Waals surface area contributed by atoms with E-state index in [0.717, 1.165) is 17.2 Å². The number of hydrogen-bond acceptors (Lipinski definition) is 4. The second kappa shape index (κ2) is 12.1. The van der Waals surface area contributed by atoms with Crippen LogP contribution in [-0.2, 0) is 29.7 Å². The fourth-order valence-electron chi connectivity index (χ4n) is 0.667. The first-order valence-electron chi connectivity index (χ1n) is 3.60. The zero-order valence-electron chi connectivity index (χ0n) is 8.50. The maximum atomic E-state index is 5.00. The normalized spacial score (nSPS) is 10.4. The Morgan fingerprint density at radius 1 is 1.50 bits per heavy atom. The maximum absolute atomic E-state index is 5.00. The maximum Gasteiger partial charge on any atom is 2.00 e. The molecule has 0 amide bonds. The second-order valence-corrected chi connectivity index (χ2v) is 5.17. The van der Waals surface area contributed by atoms with Gasteiger partial charge in [0.1, 0.15) is 4.32 Å². The van der Waals surface area contributed by atoms with Gasteiger partial charge in [-0.3, -0.25) is 0 Å². The zero-order chi connectivity index (χ0) is 9.56. The topological polar surface area (TPSA) is 12.0 Å². The quantitative estimate of drug-likeness (QED) is 0.370. The van der Waals surface area contributed by atoms with Crippen molar-refractivity contribution < 1.29 is 17.1 Å². The molecule has 1 radical (unpaired) electrons. The average Bonchev–Trinajstić information content (AvgIpc) is 2.00. The van der Waals surface area contributed by atoms with Crippen LogP contribution in [0, 0.1) is 7.43 Å². The summed E-state index contributed by atoms with van der Waals surface area (Å²) in [7, 11) is 0. The standard InChI is InChI=1S/C7H13NS4.CH3.Mn/c1-5(3-4-6(9)10)8-7(11)12-2;;/h5H,3-4H2,1-2H3,(H,8,11)(H,9,10);1H3;/q;-1;+2/p-1. The van der Waals surface area contributed by atoms with Gasteiger partial charge in [0.05, 0.1) is 0 Å². The van der Waals surface area contributed by atoms with Gasteiger partial charge < -0.3 is 37.6 Å². The van der Waals surface area contributed by atoms with E-state index in [-0.39, 0.29) is 24.5 Å². The van der Waals surface area contributed by atoms with Crippen molar-refractivity contribution in [3.63, 3.8) is 0 Å². The monoisotopic (exact) mass is 308 g/mol. The van der Waals surface area contributed by atoms with Crippen molar-refractivity contribution in [3.8, 4) is 0 Å². The Labute approximate surface area is 118 Å². The molecular formula is C8H15MnNS4. The molecule has 0 rings (SSSR count). The third-order valence-corrected chi connectivity index (χ3v) is 2.85. The second-order valence-electron chi connectivity index (χ2n) is 2.45. The van der Waals surface area contributed by atoms with Crippen LogP contribution < -0.4 is 5.32 Å². The minimum Gasteiger partial charge on any atom is -0.433 e. The molecule has 0 heterocycles. The molecule has 0 fully saturated rings. The number of thioether (sulfide) groups is 1. The summed E-state index contributed by atoms with van der Waals surface area (Å²) in [6.45, 7) is 2.08. The van der Waals surface area contributed by atoms with Gasteiger partial charge in [-0.05, 0) is 26.0 Å². The molecule has 0 aliphatic rings. The van der Waals surface area contributed by atoms with Crippen LogP contribution in [0.1, 0.15) is 19.8 Å². The molecule has 83 valence electrons. The molecule has 0 aromatic heterocycles. The van der Waals surface area contributed by atoms with Crippen LogP contribution in [0.4, 0.5) is 0 Å². The minimum absolute atomic E-state index is 0. The van der Waals surface area contributed by atoms with Gasteiger partial charge in [-0.15, -0.1) is 11.8 Å². The van der Waals surface area contributed by atoms with Gasteiger partial charge in [0.25, 0.3) is 0 Å². The van der Waals surface area contributed by atoms with Crippen molar-refractivity contribution >= 4 is 57.3 Å². The summed E-state index contributed by atoms with van der Waals surface area (Å²) in [6.07, 6.45) is 3.73. The summed E-state index contributed by atoms with van der Waals surface area (Å²) in [6, 6.07) is 0.367. The molecule has 0 aliphatic carbocycles. The Hall–Kier alpha value is 1.07. The number of hydrogen-bond donors (Lipinski definition) is 1. The summed E-state index contributed by atoms with van der Waals surface area (Å²) < 4.78 is 1.48. The molecule has 0 spiro atoms. The van der Waals surface area contributed by atoms with Crippen LogP contribution in [0.5, 0.6) is 0 Å². The van der Waals surface area contributed by atoms with Crippen molar-refractivity contribution in [3.05, 3.63) is 7.43 Å². The Balaban J connectivity index is -0.000000605. The van der Waals surface area contributed by atoms with Crippen LogP contribution >= 0.6 is 36.2 Å². The van der Waals surface area contributed by atoms with Gasteiger partial charge in [-0.25, -0.2) is 0 Å². The molecule has 1 atom stereocenters. The smallest absolute Gasteiger partial charge is 0.433 e. The molecule has 0 saturated heterocycles. The number of thiocarbonyl (C=S) groups is 2. The van der Waals surface area contributed by atoms with Gasteiger partial charge in [0.2, 0.25) is 0 Å². The molecule has 0 aromatic rings. The van der Waals surface area contributed by atoms with Gasteiger partial charge in [-0.1, -0.05) is 12.2 Å². The van der Waals surface area contributed by atoms with E-state index in [1.165, 1.54) is 0 Å². The van der Waals surface area contributed by atoms with Crippen LogP contribution in [-0.4, -0.2) is 20.8 Å². The van der Waals surface area contributed by atoms with Gasteiger partial charge >= 0.3 is 17.1 Å². The van der Waals surface area contributed by atoms with Crippen LogP contribution in [0.2, 0.25) is 0 Å². The molecule has 0 aliphatic heterocycles. The van der Waals surface area contributed by atoms with Crippen LogP contribution in [0.15, 0.2) is 0 Å². The van der Waals surface area contributed by atoms with Crippen molar-refractivity contribution in [2.45, 2.75) is 25.8 Å². The Kier molecular flexibility index (Phi) is 17.8. The summed E-state index contributed by atoms with van der Waals surface area (Å²) in [5.41, 5.74) is 0. The number of rotatable bonds is 4. The van der Waals surface area contributed by atoms with E-state index in [9.17, 15) is 0 Å². The zero-order valence-corrected chi connectivity index (χ0v) is 12.9. The predicted octanol–water partition coefficient (Wildman–Crippen LogP) is 2.71. The summed E-state index contributed by atoms with van der Waals surface area (Å²) >= 11 is 16.2. The number of nitrogens with one attached hydrogen (secondary N) is 1. The molecule has 1 unspecified atom stereocenters. The molecule has 0 saturated carbocycles. The SMILES string of the molecule is CSC(=S)NC(C)CCC(=S)[S-].[CH3-].[Mn+2]. The van der Waals surface area contributed by atoms with E-state index in [1.54, 1.807) is 11.8 Å². The van der Waals surface area contributed by atoms with Crippen molar-refractivity contribution in [2.24, 2.45) is 0 Å². The van der Waals surface area contributed by atoms with E-state index >= 15 is 0 Å².